The molecule has 130 valence electrons. The third-order valence-corrected chi connectivity index (χ3v) is 4.43. The summed E-state index contributed by atoms with van der Waals surface area (Å²) in [7, 11) is 0. The van der Waals surface area contributed by atoms with E-state index in [2.05, 4.69) is 20.1 Å². The van der Waals surface area contributed by atoms with E-state index in [1.165, 1.54) is 6.08 Å². The van der Waals surface area contributed by atoms with Crippen molar-refractivity contribution in [1.29, 1.82) is 0 Å². The predicted octanol–water partition coefficient (Wildman–Crippen LogP) is 2.82. The van der Waals surface area contributed by atoms with Crippen LogP contribution in [-0.2, 0) is 4.79 Å². The van der Waals surface area contributed by atoms with Gasteiger partial charge in [-0.25, -0.2) is 4.98 Å². The molecule has 0 radical (unpaired) electrons. The molecule has 1 aliphatic rings. The lowest BCUT2D eigenvalue weighted by Crippen LogP contribution is -2.47. The molecule has 1 fully saturated rings. The molecule has 0 N–H and O–H groups in total. The maximum atomic E-state index is 12.2. The van der Waals surface area contributed by atoms with Crippen molar-refractivity contribution in [2.45, 2.75) is 5.92 Å². The van der Waals surface area contributed by atoms with E-state index in [4.69, 9.17) is 16.1 Å². The van der Waals surface area contributed by atoms with Crippen LogP contribution in [0.5, 0.6) is 0 Å². The second-order valence-electron chi connectivity index (χ2n) is 5.84. The smallest absolute Gasteiger partial charge is 0.246 e. The van der Waals surface area contributed by atoms with E-state index in [1.807, 2.05) is 18.2 Å². The molecule has 2 aromatic heterocycles. The Bertz CT molecular complexity index is 951. The molecule has 0 unspecified atom stereocenters. The Morgan fingerprint density at radius 2 is 2.12 bits per heavy atom. The van der Waals surface area contributed by atoms with E-state index < -0.39 is 0 Å². The van der Waals surface area contributed by atoms with Gasteiger partial charge in [-0.15, -0.1) is 0 Å². The molecule has 3 heterocycles. The number of rotatable bonds is 4. The second kappa shape index (κ2) is 7.05. The minimum Gasteiger partial charge on any atom is -0.338 e. The molecular formula is C18H14ClN5O2. The molecule has 3 aromatic rings. The van der Waals surface area contributed by atoms with Gasteiger partial charge in [-0.05, 0) is 17.7 Å². The minimum absolute atomic E-state index is 0.0329. The van der Waals surface area contributed by atoms with Crippen molar-refractivity contribution in [3.63, 3.8) is 0 Å². The van der Waals surface area contributed by atoms with Gasteiger partial charge in [0.1, 0.15) is 5.69 Å². The standard InChI is InChI=1S/C18H14ClN5O2/c19-14-4-2-1-3-12(14)5-6-16(25)24-10-13(11-24)18-22-17(23-26-18)15-9-20-7-8-21-15/h1-9,13H,10-11H2/b6-5+. The molecule has 0 saturated carbocycles. The first-order chi connectivity index (χ1) is 12.7. The van der Waals surface area contributed by atoms with Crippen LogP contribution in [-0.4, -0.2) is 44.0 Å². The summed E-state index contributed by atoms with van der Waals surface area (Å²) in [5, 5.41) is 4.54. The summed E-state index contributed by atoms with van der Waals surface area (Å²) < 4.78 is 5.29. The third-order valence-electron chi connectivity index (χ3n) is 4.09. The number of nitrogens with zero attached hydrogens (tertiary/aromatic N) is 5. The van der Waals surface area contributed by atoms with Gasteiger partial charge >= 0.3 is 0 Å². The summed E-state index contributed by atoms with van der Waals surface area (Å²) in [5.74, 6) is 0.863. The quantitative estimate of drug-likeness (QED) is 0.659. The van der Waals surface area contributed by atoms with Crippen molar-refractivity contribution in [1.82, 2.24) is 25.0 Å². The average molecular weight is 368 g/mol. The molecule has 0 aliphatic carbocycles. The fraction of sp³-hybridized carbons (Fsp3) is 0.167. The second-order valence-corrected chi connectivity index (χ2v) is 6.25. The number of hydrogen-bond acceptors (Lipinski definition) is 6. The number of aromatic nitrogens is 4. The predicted molar refractivity (Wildman–Crippen MR) is 95.1 cm³/mol. The molecule has 1 amide bonds. The van der Waals surface area contributed by atoms with Crippen molar-refractivity contribution in [3.8, 4) is 11.5 Å². The van der Waals surface area contributed by atoms with Gasteiger partial charge in [-0.1, -0.05) is 35.0 Å². The molecular weight excluding hydrogens is 354 g/mol. The van der Waals surface area contributed by atoms with Crippen molar-refractivity contribution >= 4 is 23.6 Å². The van der Waals surface area contributed by atoms with E-state index in [-0.39, 0.29) is 11.8 Å². The maximum absolute atomic E-state index is 12.2. The number of hydrogen-bond donors (Lipinski definition) is 0. The van der Waals surface area contributed by atoms with Crippen molar-refractivity contribution < 1.29 is 9.32 Å². The number of benzene rings is 1. The van der Waals surface area contributed by atoms with E-state index >= 15 is 0 Å². The zero-order valence-corrected chi connectivity index (χ0v) is 14.4. The molecule has 1 aliphatic heterocycles. The Morgan fingerprint density at radius 1 is 1.27 bits per heavy atom. The highest BCUT2D eigenvalue weighted by Crippen LogP contribution is 2.27. The van der Waals surface area contributed by atoms with Crippen LogP contribution < -0.4 is 0 Å². The number of carbonyl (C=O) groups is 1. The molecule has 0 bridgehead atoms. The monoisotopic (exact) mass is 367 g/mol. The van der Waals surface area contributed by atoms with Crippen molar-refractivity contribution in [2.75, 3.05) is 13.1 Å². The summed E-state index contributed by atoms with van der Waals surface area (Å²) in [4.78, 5) is 26.4. The Balaban J connectivity index is 1.36. The molecule has 8 heteroatoms. The normalized spacial score (nSPS) is 14.6. The zero-order chi connectivity index (χ0) is 17.9. The van der Waals surface area contributed by atoms with E-state index in [0.29, 0.717) is 35.5 Å². The van der Waals surface area contributed by atoms with Gasteiger partial charge in [0.05, 0.1) is 12.1 Å². The first-order valence-electron chi connectivity index (χ1n) is 8.02. The first kappa shape index (κ1) is 16.4. The highest BCUT2D eigenvalue weighted by Gasteiger charge is 2.34. The lowest BCUT2D eigenvalue weighted by Gasteiger charge is -2.36. The van der Waals surface area contributed by atoms with Gasteiger partial charge in [0.25, 0.3) is 0 Å². The SMILES string of the molecule is O=C(/C=C/c1ccccc1Cl)N1CC(c2nc(-c3cnccn3)no2)C1. The van der Waals surface area contributed by atoms with Crippen LogP contribution in [0.15, 0.2) is 53.5 Å². The number of likely N-dealkylation sites (tertiary alicyclic amines) is 1. The van der Waals surface area contributed by atoms with E-state index in [1.54, 1.807) is 35.6 Å². The Labute approximate surface area is 154 Å². The molecule has 4 rings (SSSR count). The van der Waals surface area contributed by atoms with Gasteiger partial charge in [0, 0.05) is 36.6 Å². The summed E-state index contributed by atoms with van der Waals surface area (Å²) in [6, 6.07) is 7.37. The first-order valence-corrected chi connectivity index (χ1v) is 8.40. The zero-order valence-electron chi connectivity index (χ0n) is 13.6. The molecule has 0 atom stereocenters. The number of halogens is 1. The summed E-state index contributed by atoms with van der Waals surface area (Å²) in [6.07, 6.45) is 7.97. The van der Waals surface area contributed by atoms with Crippen molar-refractivity contribution in [3.05, 3.63) is 65.4 Å². The van der Waals surface area contributed by atoms with Crippen LogP contribution in [0.2, 0.25) is 5.02 Å². The largest absolute Gasteiger partial charge is 0.338 e. The minimum atomic E-state index is -0.0742. The van der Waals surface area contributed by atoms with Gasteiger partial charge in [-0.3, -0.25) is 9.78 Å². The van der Waals surface area contributed by atoms with Crippen LogP contribution >= 0.6 is 11.6 Å². The van der Waals surface area contributed by atoms with Gasteiger partial charge < -0.3 is 9.42 Å². The topological polar surface area (TPSA) is 85.0 Å². The molecule has 1 aromatic carbocycles. The van der Waals surface area contributed by atoms with Gasteiger partial charge in [0.2, 0.25) is 17.6 Å². The highest BCUT2D eigenvalue weighted by molar-refractivity contribution is 6.32. The van der Waals surface area contributed by atoms with Gasteiger partial charge in [0.15, 0.2) is 0 Å². The summed E-state index contributed by atoms with van der Waals surface area (Å²) in [5.41, 5.74) is 1.36. The third kappa shape index (κ3) is 3.34. The van der Waals surface area contributed by atoms with Gasteiger partial charge in [-0.2, -0.15) is 4.98 Å². The lowest BCUT2D eigenvalue weighted by atomic mass is 10.00. The maximum Gasteiger partial charge on any atom is 0.246 e. The molecule has 0 spiro atoms. The number of carbonyl (C=O) groups excluding carboxylic acids is 1. The van der Waals surface area contributed by atoms with Crippen LogP contribution in [0.25, 0.3) is 17.6 Å². The van der Waals surface area contributed by atoms with Crippen LogP contribution in [0.3, 0.4) is 0 Å². The van der Waals surface area contributed by atoms with Crippen LogP contribution in [0, 0.1) is 0 Å². The Morgan fingerprint density at radius 3 is 2.88 bits per heavy atom. The van der Waals surface area contributed by atoms with E-state index in [9.17, 15) is 4.79 Å². The Hall–Kier alpha value is -3.06. The van der Waals surface area contributed by atoms with Crippen LogP contribution in [0.1, 0.15) is 17.4 Å². The highest BCUT2D eigenvalue weighted by atomic mass is 35.5. The molecule has 26 heavy (non-hydrogen) atoms. The Kier molecular flexibility index (Phi) is 4.45. The van der Waals surface area contributed by atoms with Crippen molar-refractivity contribution in [2.24, 2.45) is 0 Å². The fourth-order valence-electron chi connectivity index (χ4n) is 2.61. The number of amides is 1. The summed E-state index contributed by atoms with van der Waals surface area (Å²) >= 11 is 6.08. The average Bonchev–Trinajstić information content (AvgIpc) is 3.10. The lowest BCUT2D eigenvalue weighted by molar-refractivity contribution is -0.130. The fourth-order valence-corrected chi connectivity index (χ4v) is 2.81. The van der Waals surface area contributed by atoms with Crippen LogP contribution in [0.4, 0.5) is 0 Å². The molecule has 7 nitrogen and oxygen atoms in total. The molecule has 1 saturated heterocycles. The van der Waals surface area contributed by atoms with E-state index in [0.717, 1.165) is 5.56 Å². The summed E-state index contributed by atoms with van der Waals surface area (Å²) in [6.45, 7) is 1.07.